The second kappa shape index (κ2) is 5.47. The maximum absolute atomic E-state index is 11.8. The summed E-state index contributed by atoms with van der Waals surface area (Å²) in [6.07, 6.45) is -2.28. The molecule has 0 amide bonds. The Morgan fingerprint density at radius 1 is 1.23 bits per heavy atom. The van der Waals surface area contributed by atoms with Crippen LogP contribution in [0.4, 0.5) is 13.2 Å². The van der Waals surface area contributed by atoms with Crippen LogP contribution in [0, 0.1) is 5.92 Å². The Labute approximate surface area is 77.7 Å². The van der Waals surface area contributed by atoms with Crippen LogP contribution in [0.3, 0.4) is 0 Å². The molecular weight excluding hydrogens is 179 g/mol. The SMILES string of the molecule is CCC(C)CC(C)NCC(F)(F)F. The summed E-state index contributed by atoms with van der Waals surface area (Å²) in [7, 11) is 0. The Morgan fingerprint density at radius 3 is 2.15 bits per heavy atom. The van der Waals surface area contributed by atoms with Gasteiger partial charge in [-0.1, -0.05) is 20.3 Å². The van der Waals surface area contributed by atoms with E-state index < -0.39 is 12.7 Å². The largest absolute Gasteiger partial charge is 0.401 e. The van der Waals surface area contributed by atoms with Gasteiger partial charge in [-0.25, -0.2) is 0 Å². The maximum atomic E-state index is 11.8. The fraction of sp³-hybridized carbons (Fsp3) is 1.00. The highest BCUT2D eigenvalue weighted by Gasteiger charge is 2.27. The fourth-order valence-corrected chi connectivity index (χ4v) is 1.14. The van der Waals surface area contributed by atoms with Crippen molar-refractivity contribution in [2.24, 2.45) is 5.92 Å². The summed E-state index contributed by atoms with van der Waals surface area (Å²) in [6.45, 7) is 5.00. The van der Waals surface area contributed by atoms with Crippen LogP contribution in [-0.4, -0.2) is 18.8 Å². The molecule has 0 aliphatic rings. The van der Waals surface area contributed by atoms with Crippen LogP contribution in [0.1, 0.15) is 33.6 Å². The van der Waals surface area contributed by atoms with Crippen LogP contribution in [0.25, 0.3) is 0 Å². The molecule has 0 saturated carbocycles. The summed E-state index contributed by atoms with van der Waals surface area (Å²) in [5.41, 5.74) is 0. The lowest BCUT2D eigenvalue weighted by atomic mass is 10.0. The van der Waals surface area contributed by atoms with Gasteiger partial charge in [0.2, 0.25) is 0 Å². The van der Waals surface area contributed by atoms with Crippen molar-refractivity contribution in [2.75, 3.05) is 6.54 Å². The number of nitrogens with one attached hydrogen (secondary N) is 1. The van der Waals surface area contributed by atoms with E-state index in [0.717, 1.165) is 12.8 Å². The molecule has 1 nitrogen and oxygen atoms in total. The Bertz CT molecular complexity index is 133. The van der Waals surface area contributed by atoms with Gasteiger partial charge in [0.05, 0.1) is 6.54 Å². The van der Waals surface area contributed by atoms with Gasteiger partial charge >= 0.3 is 6.18 Å². The molecule has 13 heavy (non-hydrogen) atoms. The fourth-order valence-electron chi connectivity index (χ4n) is 1.14. The second-order valence-electron chi connectivity index (χ2n) is 3.65. The molecule has 0 fully saturated rings. The molecule has 0 aromatic rings. The first-order valence-corrected chi connectivity index (χ1v) is 4.65. The van der Waals surface area contributed by atoms with Crippen LogP contribution < -0.4 is 5.32 Å². The standard InChI is InChI=1S/C9H18F3N/c1-4-7(2)5-8(3)13-6-9(10,11)12/h7-8,13H,4-6H2,1-3H3. The van der Waals surface area contributed by atoms with Gasteiger partial charge in [-0.05, 0) is 19.3 Å². The molecular formula is C9H18F3N. The lowest BCUT2D eigenvalue weighted by Crippen LogP contribution is -2.36. The third kappa shape index (κ3) is 8.09. The minimum Gasteiger partial charge on any atom is -0.306 e. The molecule has 0 rings (SSSR count). The maximum Gasteiger partial charge on any atom is 0.401 e. The molecule has 4 heteroatoms. The van der Waals surface area contributed by atoms with Gasteiger partial charge in [0.25, 0.3) is 0 Å². The van der Waals surface area contributed by atoms with E-state index in [-0.39, 0.29) is 6.04 Å². The number of hydrogen-bond acceptors (Lipinski definition) is 1. The molecule has 0 saturated heterocycles. The highest BCUT2D eigenvalue weighted by atomic mass is 19.4. The Morgan fingerprint density at radius 2 is 1.77 bits per heavy atom. The van der Waals surface area contributed by atoms with Gasteiger partial charge in [0.1, 0.15) is 0 Å². The van der Waals surface area contributed by atoms with Crippen LogP contribution in [0.2, 0.25) is 0 Å². The molecule has 80 valence electrons. The molecule has 2 atom stereocenters. The minimum atomic E-state index is -4.09. The van der Waals surface area contributed by atoms with E-state index in [4.69, 9.17) is 0 Å². The van der Waals surface area contributed by atoms with E-state index in [9.17, 15) is 13.2 Å². The number of halogens is 3. The van der Waals surface area contributed by atoms with Crippen molar-refractivity contribution in [3.05, 3.63) is 0 Å². The zero-order chi connectivity index (χ0) is 10.5. The number of rotatable bonds is 5. The predicted octanol–water partition coefficient (Wildman–Crippen LogP) is 2.96. The molecule has 2 unspecified atom stereocenters. The second-order valence-corrected chi connectivity index (χ2v) is 3.65. The van der Waals surface area contributed by atoms with Crippen molar-refractivity contribution in [3.8, 4) is 0 Å². The van der Waals surface area contributed by atoms with Crippen molar-refractivity contribution >= 4 is 0 Å². The van der Waals surface area contributed by atoms with Crippen molar-refractivity contribution in [1.29, 1.82) is 0 Å². The van der Waals surface area contributed by atoms with Gasteiger partial charge in [0.15, 0.2) is 0 Å². The van der Waals surface area contributed by atoms with Crippen molar-refractivity contribution in [2.45, 2.75) is 45.8 Å². The first-order valence-electron chi connectivity index (χ1n) is 4.65. The average Bonchev–Trinajstić information content (AvgIpc) is 1.99. The summed E-state index contributed by atoms with van der Waals surface area (Å²) in [6, 6.07) is -0.0587. The van der Waals surface area contributed by atoms with E-state index in [1.165, 1.54) is 0 Å². The summed E-state index contributed by atoms with van der Waals surface area (Å²) in [5.74, 6) is 0.482. The highest BCUT2D eigenvalue weighted by molar-refractivity contribution is 4.66. The molecule has 0 radical (unpaired) electrons. The predicted molar refractivity (Wildman–Crippen MR) is 47.6 cm³/mol. The molecule has 0 heterocycles. The lowest BCUT2D eigenvalue weighted by molar-refractivity contribution is -0.126. The molecule has 1 N–H and O–H groups in total. The van der Waals surface area contributed by atoms with E-state index in [2.05, 4.69) is 5.32 Å². The van der Waals surface area contributed by atoms with Gasteiger partial charge in [-0.3, -0.25) is 0 Å². The Balaban J connectivity index is 3.57. The molecule has 0 aromatic heterocycles. The quantitative estimate of drug-likeness (QED) is 0.714. The minimum absolute atomic E-state index is 0.0587. The van der Waals surface area contributed by atoms with Crippen LogP contribution >= 0.6 is 0 Å². The van der Waals surface area contributed by atoms with E-state index >= 15 is 0 Å². The smallest absolute Gasteiger partial charge is 0.306 e. The highest BCUT2D eigenvalue weighted by Crippen LogP contribution is 2.14. The summed E-state index contributed by atoms with van der Waals surface area (Å²) in [5, 5.41) is 2.46. The van der Waals surface area contributed by atoms with Crippen LogP contribution in [-0.2, 0) is 0 Å². The van der Waals surface area contributed by atoms with Gasteiger partial charge < -0.3 is 5.32 Å². The van der Waals surface area contributed by atoms with Crippen LogP contribution in [0.5, 0.6) is 0 Å². The van der Waals surface area contributed by atoms with Crippen molar-refractivity contribution < 1.29 is 13.2 Å². The molecule has 0 bridgehead atoms. The third-order valence-electron chi connectivity index (χ3n) is 2.10. The molecule has 0 aromatic carbocycles. The summed E-state index contributed by atoms with van der Waals surface area (Å²) < 4.78 is 35.3. The normalized spacial score (nSPS) is 17.1. The first-order chi connectivity index (χ1) is 5.85. The third-order valence-corrected chi connectivity index (χ3v) is 2.10. The number of hydrogen-bond donors (Lipinski definition) is 1. The molecule has 0 aliphatic heterocycles. The van der Waals surface area contributed by atoms with Gasteiger partial charge in [0, 0.05) is 6.04 Å². The Kier molecular flexibility index (Phi) is 5.37. The van der Waals surface area contributed by atoms with Gasteiger partial charge in [-0.15, -0.1) is 0 Å². The Hall–Kier alpha value is -0.250. The average molecular weight is 197 g/mol. The van der Waals surface area contributed by atoms with Gasteiger partial charge in [-0.2, -0.15) is 13.2 Å². The van der Waals surface area contributed by atoms with Crippen molar-refractivity contribution in [1.82, 2.24) is 5.32 Å². The monoisotopic (exact) mass is 197 g/mol. The van der Waals surface area contributed by atoms with E-state index in [0.29, 0.717) is 5.92 Å². The molecule has 0 aliphatic carbocycles. The van der Waals surface area contributed by atoms with E-state index in [1.54, 1.807) is 6.92 Å². The van der Waals surface area contributed by atoms with Crippen molar-refractivity contribution in [3.63, 3.8) is 0 Å². The topological polar surface area (TPSA) is 12.0 Å². The number of alkyl halides is 3. The molecule has 0 spiro atoms. The van der Waals surface area contributed by atoms with Crippen LogP contribution in [0.15, 0.2) is 0 Å². The lowest BCUT2D eigenvalue weighted by Gasteiger charge is -2.18. The summed E-state index contributed by atoms with van der Waals surface area (Å²) >= 11 is 0. The van der Waals surface area contributed by atoms with E-state index in [1.807, 2.05) is 13.8 Å². The first kappa shape index (κ1) is 12.8. The zero-order valence-corrected chi connectivity index (χ0v) is 8.41. The summed E-state index contributed by atoms with van der Waals surface area (Å²) in [4.78, 5) is 0. The zero-order valence-electron chi connectivity index (χ0n) is 8.41.